The summed E-state index contributed by atoms with van der Waals surface area (Å²) < 4.78 is 5.05. The fourth-order valence-electron chi connectivity index (χ4n) is 1.13. The predicted octanol–water partition coefficient (Wildman–Crippen LogP) is -0.245. The average Bonchev–Trinajstić information content (AvgIpc) is 2.23. The highest BCUT2D eigenvalue weighted by molar-refractivity contribution is 5.83. The Bertz CT molecular complexity index is 219. The van der Waals surface area contributed by atoms with Gasteiger partial charge >= 0.3 is 5.97 Å². The lowest BCUT2D eigenvalue weighted by molar-refractivity contribution is -0.142. The number of carbonyl (C=O) groups is 2. The lowest BCUT2D eigenvalue weighted by Crippen LogP contribution is -2.41. The molecule has 0 aromatic rings. The molecule has 0 aliphatic heterocycles. The number of aliphatic carboxylic acids is 1. The van der Waals surface area contributed by atoms with Crippen LogP contribution in [0.1, 0.15) is 26.2 Å². The molecule has 94 valence electrons. The maximum Gasteiger partial charge on any atom is 0.326 e. The average molecular weight is 233 g/mol. The first-order valence-corrected chi connectivity index (χ1v) is 5.32. The second-order valence-corrected chi connectivity index (χ2v) is 3.27. The molecule has 1 atom stereocenters. The smallest absolute Gasteiger partial charge is 0.326 e. The van der Waals surface area contributed by atoms with Crippen molar-refractivity contribution < 1.29 is 24.5 Å². The minimum atomic E-state index is -1.13. The topological polar surface area (TPSA) is 95.9 Å². The Morgan fingerprint density at radius 1 is 1.44 bits per heavy atom. The summed E-state index contributed by atoms with van der Waals surface area (Å²) in [4.78, 5) is 21.9. The molecule has 0 aromatic heterocycles. The van der Waals surface area contributed by atoms with E-state index in [1.54, 1.807) is 0 Å². The third-order valence-electron chi connectivity index (χ3n) is 1.95. The Balaban J connectivity index is 3.77. The van der Waals surface area contributed by atoms with Gasteiger partial charge in [0.1, 0.15) is 6.04 Å². The Kier molecular flexibility index (Phi) is 8.46. The van der Waals surface area contributed by atoms with Crippen LogP contribution < -0.4 is 5.32 Å². The zero-order valence-corrected chi connectivity index (χ0v) is 9.44. The van der Waals surface area contributed by atoms with Gasteiger partial charge in [-0.25, -0.2) is 4.79 Å². The van der Waals surface area contributed by atoms with Crippen LogP contribution in [0, 0.1) is 0 Å². The number of carboxylic acids is 1. The second kappa shape index (κ2) is 9.11. The van der Waals surface area contributed by atoms with Crippen molar-refractivity contribution in [2.75, 3.05) is 19.8 Å². The van der Waals surface area contributed by atoms with Gasteiger partial charge in [-0.05, 0) is 13.3 Å². The molecule has 0 aliphatic rings. The standard InChI is InChI=1S/C10H19NO5/c1-2-16-7-3-4-9(13)11-8(5-6-12)10(14)15/h8,12H,2-7H2,1H3,(H,11,13)(H,14,15)/t8-/m1/s1. The number of nitrogens with one attached hydrogen (secondary N) is 1. The Morgan fingerprint density at radius 3 is 2.62 bits per heavy atom. The summed E-state index contributed by atoms with van der Waals surface area (Å²) in [6, 6.07) is -1.01. The van der Waals surface area contributed by atoms with Crippen LogP contribution in [0.3, 0.4) is 0 Å². The Hall–Kier alpha value is -1.14. The highest BCUT2D eigenvalue weighted by atomic mass is 16.5. The van der Waals surface area contributed by atoms with Crippen LogP contribution in [-0.2, 0) is 14.3 Å². The van der Waals surface area contributed by atoms with Crippen molar-refractivity contribution in [2.24, 2.45) is 0 Å². The molecule has 0 bridgehead atoms. The van der Waals surface area contributed by atoms with Gasteiger partial charge in [-0.15, -0.1) is 0 Å². The van der Waals surface area contributed by atoms with Gasteiger partial charge in [-0.1, -0.05) is 0 Å². The summed E-state index contributed by atoms with van der Waals surface area (Å²) in [5.41, 5.74) is 0. The molecule has 0 radical (unpaired) electrons. The molecular formula is C10H19NO5. The molecule has 0 aliphatic carbocycles. The van der Waals surface area contributed by atoms with Crippen LogP contribution >= 0.6 is 0 Å². The predicted molar refractivity (Wildman–Crippen MR) is 57.0 cm³/mol. The summed E-state index contributed by atoms with van der Waals surface area (Å²) in [7, 11) is 0. The van der Waals surface area contributed by atoms with Crippen molar-refractivity contribution >= 4 is 11.9 Å². The molecule has 0 heterocycles. The third kappa shape index (κ3) is 7.19. The van der Waals surface area contributed by atoms with E-state index in [2.05, 4.69) is 5.32 Å². The number of amides is 1. The van der Waals surface area contributed by atoms with E-state index < -0.39 is 12.0 Å². The number of carboxylic acid groups (broad SMARTS) is 1. The van der Waals surface area contributed by atoms with E-state index in [0.29, 0.717) is 19.6 Å². The fraction of sp³-hybridized carbons (Fsp3) is 0.800. The minimum absolute atomic E-state index is 0.0204. The number of rotatable bonds is 9. The molecule has 16 heavy (non-hydrogen) atoms. The van der Waals surface area contributed by atoms with Crippen LogP contribution in [0.25, 0.3) is 0 Å². The van der Waals surface area contributed by atoms with Gasteiger partial charge in [0.15, 0.2) is 0 Å². The summed E-state index contributed by atoms with van der Waals surface area (Å²) in [6.07, 6.45) is 0.812. The van der Waals surface area contributed by atoms with Crippen LogP contribution in [-0.4, -0.2) is 48.0 Å². The summed E-state index contributed by atoms with van der Waals surface area (Å²) in [5, 5.41) is 19.7. The van der Waals surface area contributed by atoms with Gasteiger partial charge < -0.3 is 20.3 Å². The quantitative estimate of drug-likeness (QED) is 0.477. The molecular weight excluding hydrogens is 214 g/mol. The minimum Gasteiger partial charge on any atom is -0.480 e. The van der Waals surface area contributed by atoms with E-state index in [-0.39, 0.29) is 25.4 Å². The lowest BCUT2D eigenvalue weighted by Gasteiger charge is -2.12. The van der Waals surface area contributed by atoms with Crippen molar-refractivity contribution in [1.29, 1.82) is 0 Å². The highest BCUT2D eigenvalue weighted by Gasteiger charge is 2.18. The van der Waals surface area contributed by atoms with E-state index in [4.69, 9.17) is 14.9 Å². The van der Waals surface area contributed by atoms with Crippen LogP contribution in [0.2, 0.25) is 0 Å². The second-order valence-electron chi connectivity index (χ2n) is 3.27. The number of hydrogen-bond donors (Lipinski definition) is 3. The molecule has 0 fully saturated rings. The number of ether oxygens (including phenoxy) is 1. The van der Waals surface area contributed by atoms with Crippen LogP contribution in [0.15, 0.2) is 0 Å². The zero-order valence-electron chi connectivity index (χ0n) is 9.44. The number of aliphatic hydroxyl groups excluding tert-OH is 1. The molecule has 1 amide bonds. The first-order valence-electron chi connectivity index (χ1n) is 5.32. The number of aliphatic hydroxyl groups is 1. The lowest BCUT2D eigenvalue weighted by atomic mass is 10.2. The van der Waals surface area contributed by atoms with Crippen molar-refractivity contribution in [3.8, 4) is 0 Å². The van der Waals surface area contributed by atoms with Crippen molar-refractivity contribution in [1.82, 2.24) is 5.32 Å². The monoisotopic (exact) mass is 233 g/mol. The molecule has 0 spiro atoms. The van der Waals surface area contributed by atoms with E-state index >= 15 is 0 Å². The molecule has 6 nitrogen and oxygen atoms in total. The van der Waals surface area contributed by atoms with Crippen LogP contribution in [0.5, 0.6) is 0 Å². The van der Waals surface area contributed by atoms with E-state index in [9.17, 15) is 9.59 Å². The first-order chi connectivity index (χ1) is 7.61. The van der Waals surface area contributed by atoms with Gasteiger partial charge in [-0.2, -0.15) is 0 Å². The third-order valence-corrected chi connectivity index (χ3v) is 1.95. The first kappa shape index (κ1) is 14.9. The van der Waals surface area contributed by atoms with E-state index in [1.807, 2.05) is 6.92 Å². The van der Waals surface area contributed by atoms with Crippen LogP contribution in [0.4, 0.5) is 0 Å². The van der Waals surface area contributed by atoms with Gasteiger partial charge in [-0.3, -0.25) is 4.79 Å². The normalized spacial score (nSPS) is 12.1. The van der Waals surface area contributed by atoms with Crippen molar-refractivity contribution in [3.05, 3.63) is 0 Å². The van der Waals surface area contributed by atoms with Crippen molar-refractivity contribution in [2.45, 2.75) is 32.2 Å². The molecule has 0 unspecified atom stereocenters. The summed E-state index contributed by atoms with van der Waals surface area (Å²) in [6.45, 7) is 2.68. The molecule has 0 saturated heterocycles. The molecule has 6 heteroatoms. The van der Waals surface area contributed by atoms with Gasteiger partial charge in [0.05, 0.1) is 0 Å². The van der Waals surface area contributed by atoms with Gasteiger partial charge in [0.2, 0.25) is 5.91 Å². The summed E-state index contributed by atoms with van der Waals surface area (Å²) >= 11 is 0. The Morgan fingerprint density at radius 2 is 2.12 bits per heavy atom. The summed E-state index contributed by atoms with van der Waals surface area (Å²) in [5.74, 6) is -1.47. The van der Waals surface area contributed by atoms with E-state index in [1.165, 1.54) is 0 Å². The van der Waals surface area contributed by atoms with Gasteiger partial charge in [0, 0.05) is 32.7 Å². The SMILES string of the molecule is CCOCCCC(=O)N[C@H](CCO)C(=O)O. The fourth-order valence-corrected chi connectivity index (χ4v) is 1.13. The van der Waals surface area contributed by atoms with Gasteiger partial charge in [0.25, 0.3) is 0 Å². The molecule has 0 aromatic carbocycles. The molecule has 3 N–H and O–H groups in total. The molecule has 0 rings (SSSR count). The van der Waals surface area contributed by atoms with E-state index in [0.717, 1.165) is 0 Å². The number of hydrogen-bond acceptors (Lipinski definition) is 4. The largest absolute Gasteiger partial charge is 0.480 e. The van der Waals surface area contributed by atoms with Crippen molar-refractivity contribution in [3.63, 3.8) is 0 Å². The highest BCUT2D eigenvalue weighted by Crippen LogP contribution is 1.95. The maximum absolute atomic E-state index is 11.3. The zero-order chi connectivity index (χ0) is 12.4. The Labute approximate surface area is 94.6 Å². The molecule has 0 saturated carbocycles. The maximum atomic E-state index is 11.3. The number of carbonyl (C=O) groups excluding carboxylic acids is 1.